The lowest BCUT2D eigenvalue weighted by molar-refractivity contribution is -0.132. The van der Waals surface area contributed by atoms with Crippen molar-refractivity contribution in [2.75, 3.05) is 31.1 Å². The fraction of sp³-hybridized carbons (Fsp3) is 0.474. The van der Waals surface area contributed by atoms with Gasteiger partial charge < -0.3 is 14.2 Å². The van der Waals surface area contributed by atoms with Crippen molar-refractivity contribution in [2.24, 2.45) is 0 Å². The van der Waals surface area contributed by atoms with Gasteiger partial charge in [-0.25, -0.2) is 0 Å². The van der Waals surface area contributed by atoms with Crippen molar-refractivity contribution in [3.8, 4) is 5.75 Å². The molecule has 2 amide bonds. The van der Waals surface area contributed by atoms with Crippen LogP contribution in [-0.2, 0) is 9.59 Å². The second-order valence-electron chi connectivity index (χ2n) is 6.90. The molecule has 2 aliphatic rings. The molecule has 2 aromatic rings. The largest absolute Gasteiger partial charge is 0.491 e. The number of fused-ring (bicyclic) bond motifs is 1. The first-order chi connectivity index (χ1) is 13.1. The van der Waals surface area contributed by atoms with Crippen LogP contribution >= 0.6 is 0 Å². The van der Waals surface area contributed by atoms with E-state index < -0.39 is 0 Å². The molecule has 0 bridgehead atoms. The number of carbonyl (C=O) groups excluding carboxylic acids is 2. The number of likely N-dealkylation sites (tertiary alicyclic amines) is 1. The van der Waals surface area contributed by atoms with E-state index in [1.165, 1.54) is 4.90 Å². The predicted octanol–water partition coefficient (Wildman–Crippen LogP) is 1.90. The Balaban J connectivity index is 1.49. The third-order valence-electron chi connectivity index (χ3n) is 4.99. The fourth-order valence-electron chi connectivity index (χ4n) is 3.61. The summed E-state index contributed by atoms with van der Waals surface area (Å²) in [7, 11) is 0. The SMILES string of the molecule is Cc1noc([C@@H]2CCCN(C(=O)CN3C(=O)CCOc4ccccc43)C2)n1. The first-order valence-corrected chi connectivity index (χ1v) is 9.22. The van der Waals surface area contributed by atoms with E-state index >= 15 is 0 Å². The molecule has 0 saturated carbocycles. The summed E-state index contributed by atoms with van der Waals surface area (Å²) < 4.78 is 10.9. The number of aromatic nitrogens is 2. The highest BCUT2D eigenvalue weighted by Gasteiger charge is 2.31. The molecule has 1 aromatic carbocycles. The number of hydrogen-bond donors (Lipinski definition) is 0. The van der Waals surface area contributed by atoms with Gasteiger partial charge in [0.2, 0.25) is 17.7 Å². The van der Waals surface area contributed by atoms with Crippen molar-refractivity contribution in [2.45, 2.75) is 32.1 Å². The van der Waals surface area contributed by atoms with Crippen LogP contribution in [0.2, 0.25) is 0 Å². The second-order valence-corrected chi connectivity index (χ2v) is 6.90. The summed E-state index contributed by atoms with van der Waals surface area (Å²) in [6.45, 7) is 3.31. The van der Waals surface area contributed by atoms with Gasteiger partial charge in [-0.15, -0.1) is 0 Å². The van der Waals surface area contributed by atoms with Crippen LogP contribution in [0, 0.1) is 6.92 Å². The van der Waals surface area contributed by atoms with Crippen molar-refractivity contribution in [1.82, 2.24) is 15.0 Å². The number of aryl methyl sites for hydroxylation is 1. The van der Waals surface area contributed by atoms with E-state index in [0.717, 1.165) is 12.8 Å². The summed E-state index contributed by atoms with van der Waals surface area (Å²) in [4.78, 5) is 33.1. The van der Waals surface area contributed by atoms with Crippen LogP contribution in [0.1, 0.15) is 36.9 Å². The molecule has 142 valence electrons. The molecule has 8 nitrogen and oxygen atoms in total. The molecule has 27 heavy (non-hydrogen) atoms. The van der Waals surface area contributed by atoms with Crippen LogP contribution in [0.3, 0.4) is 0 Å². The highest BCUT2D eigenvalue weighted by Crippen LogP contribution is 2.31. The average Bonchev–Trinajstić information content (AvgIpc) is 3.06. The summed E-state index contributed by atoms with van der Waals surface area (Å²) in [5.74, 6) is 1.67. The molecule has 1 aromatic heterocycles. The molecule has 0 radical (unpaired) electrons. The molecular formula is C19H22N4O4. The number of ether oxygens (including phenoxy) is 1. The number of benzene rings is 1. The number of rotatable bonds is 3. The van der Waals surface area contributed by atoms with Crippen molar-refractivity contribution in [3.05, 3.63) is 36.0 Å². The lowest BCUT2D eigenvalue weighted by Crippen LogP contribution is -2.46. The van der Waals surface area contributed by atoms with Crippen LogP contribution in [0.15, 0.2) is 28.8 Å². The van der Waals surface area contributed by atoms with Crippen LogP contribution in [0.5, 0.6) is 5.75 Å². The van der Waals surface area contributed by atoms with E-state index in [4.69, 9.17) is 9.26 Å². The number of carbonyl (C=O) groups is 2. The van der Waals surface area contributed by atoms with Gasteiger partial charge in [0.1, 0.15) is 12.3 Å². The minimum Gasteiger partial charge on any atom is -0.491 e. The van der Waals surface area contributed by atoms with Gasteiger partial charge in [-0.2, -0.15) is 4.98 Å². The number of nitrogens with zero attached hydrogens (tertiary/aromatic N) is 4. The van der Waals surface area contributed by atoms with Crippen molar-refractivity contribution >= 4 is 17.5 Å². The highest BCUT2D eigenvalue weighted by atomic mass is 16.5. The van der Waals surface area contributed by atoms with Crippen LogP contribution < -0.4 is 9.64 Å². The standard InChI is InChI=1S/C19H22N4O4/c1-13-20-19(27-21-13)14-5-4-9-22(11-14)18(25)12-23-15-6-2-3-7-16(15)26-10-8-17(23)24/h2-3,6-7,14H,4-5,8-12H2,1H3/t14-/m1/s1. The molecule has 1 fully saturated rings. The maximum atomic E-state index is 12.9. The Hall–Kier alpha value is -2.90. The van der Waals surface area contributed by atoms with Crippen LogP contribution in [0.25, 0.3) is 0 Å². The van der Waals surface area contributed by atoms with E-state index in [0.29, 0.717) is 42.8 Å². The molecule has 0 spiro atoms. The van der Waals surface area contributed by atoms with Gasteiger partial charge in [-0.3, -0.25) is 14.5 Å². The number of para-hydroxylation sites is 2. The summed E-state index contributed by atoms with van der Waals surface area (Å²) >= 11 is 0. The van der Waals surface area contributed by atoms with E-state index in [-0.39, 0.29) is 30.7 Å². The molecule has 8 heteroatoms. The second kappa shape index (κ2) is 7.38. The Kier molecular flexibility index (Phi) is 4.79. The van der Waals surface area contributed by atoms with Crippen molar-refractivity contribution in [3.63, 3.8) is 0 Å². The predicted molar refractivity (Wildman–Crippen MR) is 96.5 cm³/mol. The highest BCUT2D eigenvalue weighted by molar-refractivity contribution is 6.00. The van der Waals surface area contributed by atoms with Gasteiger partial charge in [0.05, 0.1) is 24.6 Å². The van der Waals surface area contributed by atoms with Gasteiger partial charge in [0.15, 0.2) is 5.82 Å². The first kappa shape index (κ1) is 17.5. The zero-order chi connectivity index (χ0) is 18.8. The number of piperidine rings is 1. The molecule has 2 aliphatic heterocycles. The van der Waals surface area contributed by atoms with E-state index in [1.54, 1.807) is 11.8 Å². The van der Waals surface area contributed by atoms with Crippen LogP contribution in [0.4, 0.5) is 5.69 Å². The van der Waals surface area contributed by atoms with E-state index in [9.17, 15) is 9.59 Å². The molecule has 1 atom stereocenters. The first-order valence-electron chi connectivity index (χ1n) is 9.22. The molecule has 1 saturated heterocycles. The summed E-state index contributed by atoms with van der Waals surface area (Å²) in [5.41, 5.74) is 0.648. The molecule has 0 N–H and O–H groups in total. The fourth-order valence-corrected chi connectivity index (χ4v) is 3.61. The molecule has 0 aliphatic carbocycles. The van der Waals surface area contributed by atoms with Gasteiger partial charge >= 0.3 is 0 Å². The van der Waals surface area contributed by atoms with Gasteiger partial charge in [0.25, 0.3) is 0 Å². The Bertz CT molecular complexity index is 850. The number of anilines is 1. The number of hydrogen-bond acceptors (Lipinski definition) is 6. The third kappa shape index (κ3) is 3.65. The average molecular weight is 370 g/mol. The normalized spacial score (nSPS) is 20.0. The lowest BCUT2D eigenvalue weighted by atomic mass is 9.98. The van der Waals surface area contributed by atoms with Crippen molar-refractivity contribution in [1.29, 1.82) is 0 Å². The quantitative estimate of drug-likeness (QED) is 0.820. The summed E-state index contributed by atoms with van der Waals surface area (Å²) in [6.07, 6.45) is 2.03. The maximum absolute atomic E-state index is 12.9. The Labute approximate surface area is 157 Å². The maximum Gasteiger partial charge on any atom is 0.242 e. The topological polar surface area (TPSA) is 88.8 Å². The molecule has 4 rings (SSSR count). The van der Waals surface area contributed by atoms with E-state index in [1.807, 2.05) is 24.3 Å². The zero-order valence-electron chi connectivity index (χ0n) is 15.3. The Morgan fingerprint density at radius 3 is 3.00 bits per heavy atom. The van der Waals surface area contributed by atoms with E-state index in [2.05, 4.69) is 10.1 Å². The summed E-state index contributed by atoms with van der Waals surface area (Å²) in [5, 5.41) is 3.84. The Morgan fingerprint density at radius 1 is 1.33 bits per heavy atom. The molecule has 0 unspecified atom stereocenters. The lowest BCUT2D eigenvalue weighted by Gasteiger charge is -2.32. The van der Waals surface area contributed by atoms with Gasteiger partial charge in [0, 0.05) is 13.1 Å². The van der Waals surface area contributed by atoms with Gasteiger partial charge in [-0.1, -0.05) is 17.3 Å². The minimum absolute atomic E-state index is 0.00872. The smallest absolute Gasteiger partial charge is 0.242 e. The molecule has 3 heterocycles. The number of amides is 2. The third-order valence-corrected chi connectivity index (χ3v) is 4.99. The van der Waals surface area contributed by atoms with Gasteiger partial charge in [-0.05, 0) is 31.9 Å². The summed E-state index contributed by atoms with van der Waals surface area (Å²) in [6, 6.07) is 7.33. The monoisotopic (exact) mass is 370 g/mol. The van der Waals surface area contributed by atoms with Crippen LogP contribution in [-0.4, -0.2) is 53.1 Å². The Morgan fingerprint density at radius 2 is 2.19 bits per heavy atom. The minimum atomic E-state index is -0.102. The van der Waals surface area contributed by atoms with Crippen molar-refractivity contribution < 1.29 is 18.8 Å². The zero-order valence-corrected chi connectivity index (χ0v) is 15.3. The molecular weight excluding hydrogens is 348 g/mol.